The molecule has 0 amide bonds. The van der Waals surface area contributed by atoms with Crippen LogP contribution in [0.15, 0.2) is 35.7 Å². The number of benzene rings is 1. The Morgan fingerprint density at radius 2 is 1.86 bits per heavy atom. The summed E-state index contributed by atoms with van der Waals surface area (Å²) in [7, 11) is 0. The Labute approximate surface area is 223 Å². The van der Waals surface area contributed by atoms with Crippen LogP contribution in [0.3, 0.4) is 0 Å². The molecule has 2 aliphatic rings. The summed E-state index contributed by atoms with van der Waals surface area (Å²) in [4.78, 5) is 18.2. The van der Waals surface area contributed by atoms with Crippen molar-refractivity contribution in [1.29, 1.82) is 0 Å². The van der Waals surface area contributed by atoms with Gasteiger partial charge in [0.05, 0.1) is 0 Å². The summed E-state index contributed by atoms with van der Waals surface area (Å²) in [6.45, 7) is 15.1. The van der Waals surface area contributed by atoms with Crippen LogP contribution in [0.25, 0.3) is 11.1 Å². The number of alkyl halides is 1. The van der Waals surface area contributed by atoms with Crippen LogP contribution in [0.2, 0.25) is 18.1 Å². The maximum atomic E-state index is 15.3. The summed E-state index contributed by atoms with van der Waals surface area (Å²) in [6.07, 6.45) is 2.62. The van der Waals surface area contributed by atoms with Crippen molar-refractivity contribution in [2.24, 2.45) is 5.16 Å². The molecule has 2 saturated heterocycles. The van der Waals surface area contributed by atoms with E-state index in [1.54, 1.807) is 24.5 Å². The van der Waals surface area contributed by atoms with Crippen LogP contribution in [0.5, 0.6) is 0 Å². The van der Waals surface area contributed by atoms with E-state index < -0.39 is 32.6 Å². The number of oxime groups is 1. The van der Waals surface area contributed by atoms with Gasteiger partial charge in [0.25, 0.3) is 0 Å². The third kappa shape index (κ3) is 6.59. The Kier molecular flexibility index (Phi) is 8.62. The Morgan fingerprint density at radius 1 is 1.17 bits per heavy atom. The van der Waals surface area contributed by atoms with Crippen molar-refractivity contribution in [2.75, 3.05) is 44.2 Å². The van der Waals surface area contributed by atoms with Crippen LogP contribution in [-0.4, -0.2) is 71.7 Å². The minimum absolute atomic E-state index is 0.269. The van der Waals surface area contributed by atoms with E-state index in [0.29, 0.717) is 68.6 Å². The molecular weight excluding hydrogens is 595 g/mol. The second kappa shape index (κ2) is 11.4. The molecule has 1 aromatic carbocycles. The first-order valence-electron chi connectivity index (χ1n) is 12.2. The third-order valence-electron chi connectivity index (χ3n) is 6.90. The summed E-state index contributed by atoms with van der Waals surface area (Å²) >= 11 is -0.427. The van der Waals surface area contributed by atoms with Gasteiger partial charge in [-0.2, -0.15) is 0 Å². The molecule has 0 radical (unpaired) electrons. The normalized spacial score (nSPS) is 17.2. The number of halogens is 3. The first-order chi connectivity index (χ1) is 17.0. The van der Waals surface area contributed by atoms with E-state index in [1.807, 2.05) is 15.9 Å². The van der Waals surface area contributed by atoms with Crippen molar-refractivity contribution < 1.29 is 37.5 Å². The summed E-state index contributed by atoms with van der Waals surface area (Å²) in [5.74, 6) is 0.301. The zero-order valence-corrected chi connectivity index (χ0v) is 24.8. The molecule has 1 aromatic heterocycles. The van der Waals surface area contributed by atoms with Gasteiger partial charge in [-0.25, -0.2) is 4.39 Å². The van der Waals surface area contributed by atoms with Crippen LogP contribution in [0.1, 0.15) is 26.3 Å². The van der Waals surface area contributed by atoms with Gasteiger partial charge in [-0.05, 0) is 0 Å². The van der Waals surface area contributed by atoms with Crippen LogP contribution >= 0.6 is 0 Å². The molecule has 3 heterocycles. The number of rotatable bonds is 10. The first-order valence-corrected chi connectivity index (χ1v) is 19.2. The maximum absolute atomic E-state index is 15.3. The molecule has 198 valence electrons. The Balaban J connectivity index is 1.28. The second-order valence-corrected chi connectivity index (χ2v) is 25.4. The van der Waals surface area contributed by atoms with Crippen LogP contribution in [0, 0.1) is 5.82 Å². The number of likely N-dealkylation sites (tertiary alicyclic amines) is 1. The molecule has 36 heavy (non-hydrogen) atoms. The van der Waals surface area contributed by atoms with Gasteiger partial charge >= 0.3 is 172 Å². The molecule has 11 heteroatoms. The van der Waals surface area contributed by atoms with Gasteiger partial charge < -0.3 is 4.84 Å². The topological polar surface area (TPSA) is 63.1 Å². The van der Waals surface area contributed by atoms with E-state index in [2.05, 4.69) is 49.0 Å². The predicted octanol–water partition coefficient (Wildman–Crippen LogP) is 1.65. The number of hydrogen-bond acceptors (Lipinski definition) is 7. The monoisotopic (exact) mass is 630 g/mol. The molecule has 0 unspecified atom stereocenters. The molecule has 2 aliphatic heterocycles. The zero-order chi connectivity index (χ0) is 25.9. The molecule has 0 spiro atoms. The van der Waals surface area contributed by atoms with Crippen molar-refractivity contribution in [3.63, 3.8) is 0 Å². The summed E-state index contributed by atoms with van der Waals surface area (Å²) in [6, 6.07) is 5.39. The zero-order valence-electron chi connectivity index (χ0n) is 21.6. The van der Waals surface area contributed by atoms with Gasteiger partial charge in [-0.15, -0.1) is 0 Å². The second-order valence-electron chi connectivity index (χ2n) is 10.8. The molecule has 2 fully saturated rings. The van der Waals surface area contributed by atoms with Crippen LogP contribution in [-0.2, 0) is 14.5 Å². The number of aromatic nitrogens is 2. The van der Waals surface area contributed by atoms with E-state index in [0.717, 1.165) is 5.71 Å². The fourth-order valence-corrected chi connectivity index (χ4v) is 9.14. The van der Waals surface area contributed by atoms with Gasteiger partial charge in [-0.3, -0.25) is 4.90 Å². The molecule has 0 atom stereocenters. The fourth-order valence-electron chi connectivity index (χ4n) is 3.47. The number of hydrogen-bond donors (Lipinski definition) is 0. The van der Waals surface area contributed by atoms with Crippen molar-refractivity contribution in [3.8, 4) is 11.1 Å². The van der Waals surface area contributed by atoms with Crippen molar-refractivity contribution in [1.82, 2.24) is 14.9 Å². The van der Waals surface area contributed by atoms with E-state index in [-0.39, 0.29) is 10.9 Å². The molecule has 7 nitrogen and oxygen atoms in total. The van der Waals surface area contributed by atoms with Gasteiger partial charge in [0, 0.05) is 19.6 Å². The van der Waals surface area contributed by atoms with Gasteiger partial charge in [-0.1, -0.05) is 5.16 Å². The minimum atomic E-state index is -1.48. The van der Waals surface area contributed by atoms with E-state index in [9.17, 15) is 4.39 Å². The predicted molar refractivity (Wildman–Crippen MR) is 136 cm³/mol. The quantitative estimate of drug-likeness (QED) is 0.131. The van der Waals surface area contributed by atoms with Crippen LogP contribution in [0.4, 0.5) is 14.7 Å². The Hall–Kier alpha value is -1.70. The number of anilines is 1. The molecule has 0 aliphatic carbocycles. The molecule has 2 aromatic rings. The Bertz CT molecular complexity index is 1070. The molecule has 0 saturated carbocycles. The van der Waals surface area contributed by atoms with Gasteiger partial charge in [0.2, 0.25) is 0 Å². The van der Waals surface area contributed by atoms with E-state index >= 15 is 4.39 Å². The summed E-state index contributed by atoms with van der Waals surface area (Å²) in [5, 5.41) is 4.41. The van der Waals surface area contributed by atoms with Crippen molar-refractivity contribution in [2.45, 2.75) is 51.7 Å². The van der Waals surface area contributed by atoms with E-state index in [4.69, 9.17) is 7.90 Å². The van der Waals surface area contributed by atoms with Crippen molar-refractivity contribution in [3.05, 3.63) is 42.0 Å². The molecular formula is C25H35F2IN5O2Si-. The van der Waals surface area contributed by atoms with E-state index in [1.165, 1.54) is 0 Å². The van der Waals surface area contributed by atoms with Crippen molar-refractivity contribution >= 4 is 17.2 Å². The fraction of sp³-hybridized carbons (Fsp3) is 0.560. The first kappa shape index (κ1) is 27.3. The third-order valence-corrected chi connectivity index (χ3v) is 20.4. The van der Waals surface area contributed by atoms with Gasteiger partial charge in [0.1, 0.15) is 12.8 Å². The molecule has 4 rings (SSSR count). The van der Waals surface area contributed by atoms with Gasteiger partial charge in [0.15, 0.2) is 0 Å². The average Bonchev–Trinajstić information content (AvgIpc) is 2.77. The number of nitrogens with zero attached hydrogens (tertiary/aromatic N) is 5. The van der Waals surface area contributed by atoms with Crippen LogP contribution < -0.4 is 25.7 Å². The standard InChI is InChI=1S/C25H35F2IN5O2Si/c1-25(2,3)36(4,5)28-34-17-18-7-6-8-22(23(18)27)19-11-29-24(30-12-19)33-15-21(16-33)31-35-10-9-32-13-20(26)14-32/h6-8,11-12,20H,9-10,13-17H2,1-5H3/q-1. The molecule has 0 N–H and O–H groups in total. The average molecular weight is 631 g/mol. The Morgan fingerprint density at radius 3 is 2.50 bits per heavy atom. The summed E-state index contributed by atoms with van der Waals surface area (Å²) in [5.41, 5.74) is 1.11. The molecule has 0 bridgehead atoms. The summed E-state index contributed by atoms with van der Waals surface area (Å²) < 4.78 is 34.1. The SMILES string of the molecule is CC(C)(C)[Si](C)(C)[I-]OCc1cccc(-c2cnc(N3CC(=NOCCN4CC(F)C4)C3)nc2)c1F.